The zero-order valence-electron chi connectivity index (χ0n) is 11.0. The minimum Gasteiger partial charge on any atom is -0.542 e. The predicted octanol–water partition coefficient (Wildman–Crippen LogP) is -0.658. The Kier molecular flexibility index (Phi) is 7.74. The maximum atomic E-state index is 12.6. The van der Waals surface area contributed by atoms with Crippen LogP contribution in [0.5, 0.6) is 0 Å². The van der Waals surface area contributed by atoms with Crippen molar-refractivity contribution in [3.8, 4) is 0 Å². The molecule has 0 aromatic heterocycles. The van der Waals surface area contributed by atoms with Crippen molar-refractivity contribution in [1.82, 2.24) is 0 Å². The Hall–Kier alpha value is -0.520. The van der Waals surface area contributed by atoms with Crippen molar-refractivity contribution in [3.63, 3.8) is 0 Å². The van der Waals surface area contributed by atoms with Crippen LogP contribution < -0.4 is 34.7 Å². The number of hydrogen-bond donors (Lipinski definition) is 0. The van der Waals surface area contributed by atoms with Gasteiger partial charge in [0.1, 0.15) is 5.97 Å². The van der Waals surface area contributed by atoms with E-state index in [0.717, 1.165) is 0 Å². The molecule has 0 saturated carbocycles. The molecule has 0 heterocycles. The van der Waals surface area contributed by atoms with Crippen molar-refractivity contribution in [3.05, 3.63) is 0 Å². The number of rotatable bonds is 7. The van der Waals surface area contributed by atoms with E-state index >= 15 is 0 Å². The van der Waals surface area contributed by atoms with Crippen molar-refractivity contribution >= 4 is 5.97 Å². The maximum absolute atomic E-state index is 12.6. The number of hydrogen-bond acceptors (Lipinski definition) is 4. The fourth-order valence-electron chi connectivity index (χ4n) is 0.712. The summed E-state index contributed by atoms with van der Waals surface area (Å²) in [5.41, 5.74) is 0. The third kappa shape index (κ3) is 5.48. The second-order valence-corrected chi connectivity index (χ2v) is 3.63. The third-order valence-electron chi connectivity index (χ3n) is 1.81. The molecule has 25 heavy (non-hydrogen) atoms. The first-order valence-electron chi connectivity index (χ1n) is 4.68. The first kappa shape index (κ1) is 26.7. The van der Waals surface area contributed by atoms with Crippen LogP contribution in [0.25, 0.3) is 0 Å². The molecule has 0 aromatic rings. The monoisotopic (exact) mass is 418 g/mol. The fraction of sp³-hybridized carbons (Fsp3) is 0.857. The second-order valence-electron chi connectivity index (χ2n) is 3.63. The SMILES string of the molecule is O=C([O-])C(F)(F)OC(F)(F)C(F)(F)OC(F)(F)C(F)(F)C(F)(F)F.[Na+]. The number of carbonyl (C=O) groups is 1. The first-order chi connectivity index (χ1) is 10.1. The van der Waals surface area contributed by atoms with Crippen molar-refractivity contribution in [1.29, 1.82) is 0 Å². The van der Waals surface area contributed by atoms with Gasteiger partial charge in [-0.1, -0.05) is 0 Å². The van der Waals surface area contributed by atoms with Crippen LogP contribution in [-0.4, -0.2) is 42.5 Å². The average Bonchev–Trinajstić information content (AvgIpc) is 2.23. The van der Waals surface area contributed by atoms with Gasteiger partial charge in [-0.3, -0.25) is 0 Å². The van der Waals surface area contributed by atoms with E-state index in [4.69, 9.17) is 0 Å². The van der Waals surface area contributed by atoms with Gasteiger partial charge in [0.25, 0.3) is 0 Å². The second kappa shape index (κ2) is 7.24. The molecule has 0 rings (SSSR count). The minimum absolute atomic E-state index is 0. The fourth-order valence-corrected chi connectivity index (χ4v) is 0.712. The largest absolute Gasteiger partial charge is 1.00 e. The molecule has 0 aliphatic heterocycles. The molecule has 0 radical (unpaired) electrons. The van der Waals surface area contributed by atoms with Crippen LogP contribution in [-0.2, 0) is 14.3 Å². The number of carbonyl (C=O) groups excluding carboxylic acids is 1. The number of alkyl halides is 13. The summed E-state index contributed by atoms with van der Waals surface area (Å²) in [7, 11) is 0. The number of carboxylic acids is 1. The van der Waals surface area contributed by atoms with Crippen molar-refractivity contribution in [2.75, 3.05) is 0 Å². The molecule has 0 aliphatic rings. The summed E-state index contributed by atoms with van der Waals surface area (Å²) in [4.78, 5) is 9.58. The minimum atomic E-state index is -7.46. The van der Waals surface area contributed by atoms with Crippen molar-refractivity contribution in [2.24, 2.45) is 0 Å². The van der Waals surface area contributed by atoms with E-state index in [-0.39, 0.29) is 29.6 Å². The molecule has 0 saturated heterocycles. The Bertz CT molecular complexity index is 487. The Labute approximate surface area is 149 Å². The quantitative estimate of drug-likeness (QED) is 0.407. The van der Waals surface area contributed by atoms with Gasteiger partial charge in [-0.15, -0.1) is 0 Å². The van der Waals surface area contributed by atoms with E-state index in [1.54, 1.807) is 4.74 Å². The predicted molar refractivity (Wildman–Crippen MR) is 38.0 cm³/mol. The van der Waals surface area contributed by atoms with Crippen LogP contribution in [0.2, 0.25) is 0 Å². The molecule has 0 fully saturated rings. The zero-order valence-corrected chi connectivity index (χ0v) is 13.0. The van der Waals surface area contributed by atoms with Gasteiger partial charge in [-0.25, -0.2) is 9.47 Å². The molecule has 144 valence electrons. The molecule has 0 atom stereocenters. The van der Waals surface area contributed by atoms with Gasteiger partial charge in [0.05, 0.1) is 0 Å². The van der Waals surface area contributed by atoms with Gasteiger partial charge in [0, 0.05) is 0 Å². The molecular weight excluding hydrogens is 418 g/mol. The van der Waals surface area contributed by atoms with Crippen molar-refractivity contribution in [2.45, 2.75) is 36.5 Å². The molecule has 0 aliphatic carbocycles. The van der Waals surface area contributed by atoms with E-state index in [2.05, 4.69) is 0 Å². The van der Waals surface area contributed by atoms with Crippen LogP contribution in [0, 0.1) is 0 Å². The van der Waals surface area contributed by atoms with E-state index in [9.17, 15) is 67.0 Å². The van der Waals surface area contributed by atoms with Crippen LogP contribution >= 0.6 is 0 Å². The van der Waals surface area contributed by atoms with Gasteiger partial charge in [0.2, 0.25) is 0 Å². The number of aliphatic carboxylic acids is 1. The third-order valence-corrected chi connectivity index (χ3v) is 1.81. The molecule has 0 aromatic carbocycles. The van der Waals surface area contributed by atoms with Gasteiger partial charge < -0.3 is 9.90 Å². The van der Waals surface area contributed by atoms with E-state index in [1.165, 1.54) is 4.74 Å². The summed E-state index contributed by atoms with van der Waals surface area (Å²) >= 11 is 0. The average molecular weight is 418 g/mol. The van der Waals surface area contributed by atoms with Crippen LogP contribution in [0.1, 0.15) is 0 Å². The normalized spacial score (nSPS) is 14.9. The molecule has 4 nitrogen and oxygen atoms in total. The summed E-state index contributed by atoms with van der Waals surface area (Å²) < 4.78 is 162. The molecule has 0 spiro atoms. The summed E-state index contributed by atoms with van der Waals surface area (Å²) in [5.74, 6) is -11.4. The summed E-state index contributed by atoms with van der Waals surface area (Å²) in [6.07, 6.45) is -35.3. The summed E-state index contributed by atoms with van der Waals surface area (Å²) in [6.45, 7) is 0. The molecule has 0 N–H and O–H groups in total. The summed E-state index contributed by atoms with van der Waals surface area (Å²) in [6, 6.07) is 0. The van der Waals surface area contributed by atoms with E-state index in [0.29, 0.717) is 0 Å². The number of ether oxygens (including phenoxy) is 2. The van der Waals surface area contributed by atoms with E-state index < -0.39 is 42.5 Å². The molecule has 0 unspecified atom stereocenters. The van der Waals surface area contributed by atoms with Crippen LogP contribution in [0.4, 0.5) is 57.1 Å². The Morgan fingerprint density at radius 1 is 0.640 bits per heavy atom. The Morgan fingerprint density at radius 2 is 0.960 bits per heavy atom. The maximum Gasteiger partial charge on any atom is 1.00 e. The standard InChI is InChI=1S/C7HF13O4.Na/c8-2(9,1(21)22)23-6(17,18)7(19,20)24-5(15,16)3(10,11)4(12,13)14;/h(H,21,22);/q;+1/p-1. The van der Waals surface area contributed by atoms with Gasteiger partial charge in [-0.05, 0) is 0 Å². The number of halogens is 13. The molecular formula is C7F13NaO4. The zero-order chi connectivity index (χ0) is 20.0. The van der Waals surface area contributed by atoms with Gasteiger partial charge >= 0.3 is 66.1 Å². The molecule has 18 heteroatoms. The Balaban J connectivity index is 0. The smallest absolute Gasteiger partial charge is 0.542 e. The van der Waals surface area contributed by atoms with Gasteiger partial charge in [0.15, 0.2) is 0 Å². The number of carboxylic acid groups (broad SMARTS) is 1. The van der Waals surface area contributed by atoms with Gasteiger partial charge in [-0.2, -0.15) is 57.1 Å². The Morgan fingerprint density at radius 3 is 1.24 bits per heavy atom. The summed E-state index contributed by atoms with van der Waals surface area (Å²) in [5, 5.41) is 9.58. The first-order valence-corrected chi connectivity index (χ1v) is 4.68. The van der Waals surface area contributed by atoms with Crippen molar-refractivity contribution < 1.29 is 106 Å². The molecule has 0 amide bonds. The van der Waals surface area contributed by atoms with E-state index in [1.807, 2.05) is 0 Å². The topological polar surface area (TPSA) is 58.6 Å². The van der Waals surface area contributed by atoms with Crippen LogP contribution in [0.3, 0.4) is 0 Å². The molecule has 0 bridgehead atoms. The van der Waals surface area contributed by atoms with Crippen LogP contribution in [0.15, 0.2) is 0 Å².